The third-order valence-corrected chi connectivity index (χ3v) is 4.46. The van der Waals surface area contributed by atoms with Crippen LogP contribution in [0.2, 0.25) is 0 Å². The first-order valence-corrected chi connectivity index (χ1v) is 10.4. The fourth-order valence-electron chi connectivity index (χ4n) is 2.35. The van der Waals surface area contributed by atoms with Crippen molar-refractivity contribution in [3.8, 4) is 11.4 Å². The predicted molar refractivity (Wildman–Crippen MR) is 120 cm³/mol. The Labute approximate surface area is 211 Å². The van der Waals surface area contributed by atoms with Gasteiger partial charge in [0.1, 0.15) is 5.82 Å². The molecule has 37 heavy (non-hydrogen) atoms. The number of carbonyl (C=O) groups is 2. The number of pyridine rings is 1. The largest absolute Gasteiger partial charge is 0.490 e. The number of aromatic amines is 1. The van der Waals surface area contributed by atoms with Crippen LogP contribution in [0.25, 0.3) is 22.6 Å². The number of H-pyrrole nitrogens is 1. The molecule has 0 saturated carbocycles. The predicted octanol–water partition coefficient (Wildman–Crippen LogP) is 5.86. The van der Waals surface area contributed by atoms with E-state index in [0.29, 0.717) is 5.65 Å². The van der Waals surface area contributed by atoms with E-state index in [1.165, 1.54) is 0 Å². The molecule has 0 radical (unpaired) electrons. The average Bonchev–Trinajstić information content (AvgIpc) is 3.47. The highest BCUT2D eigenvalue weighted by atomic mass is 79.9. The summed E-state index contributed by atoms with van der Waals surface area (Å²) < 4.78 is 69.5. The van der Waals surface area contributed by atoms with E-state index in [-0.39, 0.29) is 0 Å². The van der Waals surface area contributed by atoms with Crippen molar-refractivity contribution in [2.45, 2.75) is 18.9 Å². The maximum absolute atomic E-state index is 10.6. The topological polar surface area (TPSA) is 141 Å². The number of nitrogens with one attached hydrogen (secondary N) is 2. The summed E-state index contributed by atoms with van der Waals surface area (Å²) in [5, 5.41) is 17.6. The molecule has 0 amide bonds. The summed E-state index contributed by atoms with van der Waals surface area (Å²) in [7, 11) is 0. The molecule has 0 aliphatic carbocycles. The molecule has 3 heterocycles. The standard InChI is InChI=1S/C17H13BrN4O.2C2HF3O2/c18-13-7-15-17(20-9-13)22-16(21-15)12-1-3-14(4-2-12)19-8-11-5-6-23-10-11;2*3-2(4,5)1(6)7/h1-7,9-10,19H,8H2,(H,20,21,22);2*(H,6,7). The summed E-state index contributed by atoms with van der Waals surface area (Å²) in [5.41, 5.74) is 4.81. The number of rotatable bonds is 4. The van der Waals surface area contributed by atoms with Crippen LogP contribution in [0.4, 0.5) is 32.0 Å². The van der Waals surface area contributed by atoms with Crippen molar-refractivity contribution in [3.05, 3.63) is 65.2 Å². The van der Waals surface area contributed by atoms with E-state index in [4.69, 9.17) is 24.2 Å². The molecule has 0 saturated heterocycles. The van der Waals surface area contributed by atoms with Crippen LogP contribution in [0.3, 0.4) is 0 Å². The van der Waals surface area contributed by atoms with Gasteiger partial charge in [-0.3, -0.25) is 0 Å². The minimum absolute atomic E-state index is 0.713. The Morgan fingerprint density at radius 3 is 2.05 bits per heavy atom. The van der Waals surface area contributed by atoms with Gasteiger partial charge in [0.2, 0.25) is 0 Å². The fraction of sp³-hybridized carbons (Fsp3) is 0.143. The zero-order valence-corrected chi connectivity index (χ0v) is 19.6. The Bertz CT molecular complexity index is 1300. The number of fused-ring (bicyclic) bond motifs is 1. The number of carboxylic acids is 2. The molecule has 0 fully saturated rings. The van der Waals surface area contributed by atoms with Crippen molar-refractivity contribution in [1.82, 2.24) is 15.0 Å². The summed E-state index contributed by atoms with van der Waals surface area (Å²) in [6.45, 7) is 0.735. The molecule has 3 aromatic heterocycles. The summed E-state index contributed by atoms with van der Waals surface area (Å²) in [5.74, 6) is -4.70. The van der Waals surface area contributed by atoms with Gasteiger partial charge in [0.25, 0.3) is 0 Å². The highest BCUT2D eigenvalue weighted by Crippen LogP contribution is 2.23. The molecule has 9 nitrogen and oxygen atoms in total. The zero-order chi connectivity index (χ0) is 27.8. The molecule has 198 valence electrons. The van der Waals surface area contributed by atoms with Gasteiger partial charge < -0.3 is 24.9 Å². The number of benzene rings is 1. The number of aliphatic carboxylic acids is 2. The van der Waals surface area contributed by atoms with Crippen molar-refractivity contribution < 1.29 is 50.6 Å². The van der Waals surface area contributed by atoms with Crippen LogP contribution in [0.5, 0.6) is 0 Å². The minimum Gasteiger partial charge on any atom is -0.475 e. The second-order valence-electron chi connectivity index (χ2n) is 6.78. The highest BCUT2D eigenvalue weighted by Gasteiger charge is 2.38. The third kappa shape index (κ3) is 9.47. The number of aromatic nitrogens is 3. The molecule has 16 heteroatoms. The molecular formula is C21H15BrF6N4O5. The first kappa shape index (κ1) is 29.2. The number of hydrogen-bond acceptors (Lipinski definition) is 6. The van der Waals surface area contributed by atoms with Gasteiger partial charge in [-0.2, -0.15) is 26.3 Å². The normalized spacial score (nSPS) is 11.1. The number of furan rings is 1. The van der Waals surface area contributed by atoms with E-state index in [2.05, 4.69) is 36.2 Å². The lowest BCUT2D eigenvalue weighted by molar-refractivity contribution is -0.193. The van der Waals surface area contributed by atoms with Crippen LogP contribution in [-0.4, -0.2) is 49.5 Å². The van der Waals surface area contributed by atoms with Crippen LogP contribution in [0.15, 0.2) is 64.0 Å². The summed E-state index contributed by atoms with van der Waals surface area (Å²) in [6.07, 6.45) is -5.01. The number of nitrogens with zero attached hydrogens (tertiary/aromatic N) is 2. The number of carboxylic acid groups (broad SMARTS) is 2. The number of anilines is 1. The molecule has 0 aliphatic heterocycles. The van der Waals surface area contributed by atoms with Gasteiger partial charge in [-0.05, 0) is 52.3 Å². The van der Waals surface area contributed by atoms with Crippen LogP contribution in [0.1, 0.15) is 5.56 Å². The SMILES string of the molecule is Brc1cnc2nc(-c3ccc(NCc4ccoc4)cc3)[nH]c2c1.O=C(O)C(F)(F)F.O=C(O)C(F)(F)F. The minimum atomic E-state index is -5.08. The Kier molecular flexibility index (Phi) is 9.65. The van der Waals surface area contributed by atoms with E-state index in [9.17, 15) is 26.3 Å². The zero-order valence-electron chi connectivity index (χ0n) is 18.1. The molecule has 0 atom stereocenters. The Balaban J connectivity index is 0.000000286. The molecule has 0 aliphatic rings. The van der Waals surface area contributed by atoms with E-state index < -0.39 is 24.3 Å². The van der Waals surface area contributed by atoms with Crippen LogP contribution in [0, 0.1) is 0 Å². The molecule has 0 unspecified atom stereocenters. The molecule has 4 rings (SSSR count). The quantitative estimate of drug-likeness (QED) is 0.215. The van der Waals surface area contributed by atoms with Crippen LogP contribution < -0.4 is 5.32 Å². The third-order valence-electron chi connectivity index (χ3n) is 4.02. The lowest BCUT2D eigenvalue weighted by Crippen LogP contribution is -2.21. The maximum atomic E-state index is 10.6. The second-order valence-corrected chi connectivity index (χ2v) is 7.69. The summed E-state index contributed by atoms with van der Waals surface area (Å²) in [6, 6.07) is 12.0. The molecular weight excluding hydrogens is 582 g/mol. The maximum Gasteiger partial charge on any atom is 0.490 e. The smallest absolute Gasteiger partial charge is 0.475 e. The molecule has 4 N–H and O–H groups in total. The van der Waals surface area contributed by atoms with Gasteiger partial charge in [0.15, 0.2) is 5.65 Å². The van der Waals surface area contributed by atoms with Crippen molar-refractivity contribution in [2.24, 2.45) is 0 Å². The van der Waals surface area contributed by atoms with Gasteiger partial charge in [-0.25, -0.2) is 19.6 Å². The monoisotopic (exact) mass is 596 g/mol. The lowest BCUT2D eigenvalue weighted by atomic mass is 10.2. The van der Waals surface area contributed by atoms with Gasteiger partial charge in [-0.15, -0.1) is 0 Å². The molecule has 1 aromatic carbocycles. The van der Waals surface area contributed by atoms with Gasteiger partial charge in [0.05, 0.1) is 18.0 Å². The Morgan fingerprint density at radius 1 is 1.00 bits per heavy atom. The van der Waals surface area contributed by atoms with E-state index >= 15 is 0 Å². The van der Waals surface area contributed by atoms with Gasteiger partial charge in [-0.1, -0.05) is 0 Å². The fourth-order valence-corrected chi connectivity index (χ4v) is 2.69. The van der Waals surface area contributed by atoms with E-state index in [1.54, 1.807) is 18.7 Å². The van der Waals surface area contributed by atoms with Crippen LogP contribution >= 0.6 is 15.9 Å². The van der Waals surface area contributed by atoms with Crippen molar-refractivity contribution in [1.29, 1.82) is 0 Å². The number of halogens is 7. The Morgan fingerprint density at radius 2 is 1.57 bits per heavy atom. The first-order chi connectivity index (χ1) is 17.2. The number of imidazole rings is 1. The first-order valence-electron chi connectivity index (χ1n) is 9.63. The highest BCUT2D eigenvalue weighted by molar-refractivity contribution is 9.10. The summed E-state index contributed by atoms with van der Waals surface area (Å²) >= 11 is 3.42. The number of hydrogen-bond donors (Lipinski definition) is 4. The summed E-state index contributed by atoms with van der Waals surface area (Å²) in [4.78, 5) is 29.9. The van der Waals surface area contributed by atoms with Crippen molar-refractivity contribution >= 4 is 44.7 Å². The van der Waals surface area contributed by atoms with E-state index in [1.807, 2.05) is 36.4 Å². The second kappa shape index (κ2) is 12.2. The van der Waals surface area contributed by atoms with Gasteiger partial charge in [0, 0.05) is 34.0 Å². The average molecular weight is 597 g/mol. The van der Waals surface area contributed by atoms with Gasteiger partial charge >= 0.3 is 24.3 Å². The molecule has 0 bridgehead atoms. The van der Waals surface area contributed by atoms with Crippen molar-refractivity contribution in [2.75, 3.05) is 5.32 Å². The Hall–Kier alpha value is -4.08. The van der Waals surface area contributed by atoms with E-state index in [0.717, 1.165) is 39.2 Å². The molecule has 4 aromatic rings. The van der Waals surface area contributed by atoms with Crippen LogP contribution in [-0.2, 0) is 16.1 Å². The number of alkyl halides is 6. The lowest BCUT2D eigenvalue weighted by Gasteiger charge is -2.05. The van der Waals surface area contributed by atoms with Crippen molar-refractivity contribution in [3.63, 3.8) is 0 Å². The molecule has 0 spiro atoms.